The Balaban J connectivity index is 4.77. The van der Waals surface area contributed by atoms with Crippen LogP contribution in [0, 0.1) is 0 Å². The molecule has 0 fully saturated rings. The Hall–Kier alpha value is -1.55. The molecule has 0 bridgehead atoms. The molecule has 0 saturated heterocycles. The van der Waals surface area contributed by atoms with Crippen LogP contribution in [0.5, 0.6) is 0 Å². The molecule has 166 valence electrons. The highest BCUT2D eigenvalue weighted by Gasteiger charge is 2.18. The summed E-state index contributed by atoms with van der Waals surface area (Å²) in [6, 6.07) is -0.0161. The lowest BCUT2D eigenvalue weighted by molar-refractivity contribution is 0.0522. The molecule has 0 rings (SSSR count). The van der Waals surface area contributed by atoms with Crippen LogP contribution >= 0.6 is 0 Å². The molecule has 0 aliphatic carbocycles. The molecule has 0 aliphatic heterocycles. The van der Waals surface area contributed by atoms with Gasteiger partial charge in [0.05, 0.1) is 12.3 Å². The lowest BCUT2D eigenvalue weighted by atomic mass is 10.1. The number of unbranched alkanes of at least 4 members (excludes halogenated alkanes) is 1. The van der Waals surface area contributed by atoms with Gasteiger partial charge in [-0.15, -0.1) is 0 Å². The molecule has 1 atom stereocenters. The summed E-state index contributed by atoms with van der Waals surface area (Å²) in [5.74, 6) is 0.634. The summed E-state index contributed by atoms with van der Waals surface area (Å²) in [6.07, 6.45) is 2.45. The maximum Gasteiger partial charge on any atom is 0.407 e. The largest absolute Gasteiger partial charge is 0.444 e. The molecular weight excluding hydrogens is 382 g/mol. The summed E-state index contributed by atoms with van der Waals surface area (Å²) in [6.45, 7) is 12.7. The quantitative estimate of drug-likeness (QED) is 0.216. The molecule has 0 radical (unpaired) electrons. The maximum absolute atomic E-state index is 11.9. The van der Waals surface area contributed by atoms with Crippen molar-refractivity contribution in [1.82, 2.24) is 20.7 Å². The average molecular weight is 422 g/mol. The van der Waals surface area contributed by atoms with Gasteiger partial charge in [0.2, 0.25) is 10.0 Å². The molecule has 0 spiro atoms. The number of hydrogen-bond acceptors (Lipinski definition) is 5. The maximum atomic E-state index is 11.9. The van der Waals surface area contributed by atoms with E-state index >= 15 is 0 Å². The molecule has 0 aromatic rings. The van der Waals surface area contributed by atoms with E-state index in [4.69, 9.17) is 4.74 Å². The summed E-state index contributed by atoms with van der Waals surface area (Å²) in [4.78, 5) is 16.3. The highest BCUT2D eigenvalue weighted by Crippen LogP contribution is 2.07. The summed E-state index contributed by atoms with van der Waals surface area (Å²) < 4.78 is 30.7. The van der Waals surface area contributed by atoms with Crippen molar-refractivity contribution >= 4 is 22.1 Å². The van der Waals surface area contributed by atoms with Crippen molar-refractivity contribution in [3.05, 3.63) is 0 Å². The second-order valence-electron chi connectivity index (χ2n) is 7.42. The minimum atomic E-state index is -3.22. The lowest BCUT2D eigenvalue weighted by Gasteiger charge is -2.24. The van der Waals surface area contributed by atoms with E-state index in [1.165, 1.54) is 0 Å². The van der Waals surface area contributed by atoms with E-state index in [1.807, 2.05) is 27.7 Å². The van der Waals surface area contributed by atoms with Crippen molar-refractivity contribution in [2.24, 2.45) is 4.99 Å². The van der Waals surface area contributed by atoms with Gasteiger partial charge >= 0.3 is 6.09 Å². The van der Waals surface area contributed by atoms with Gasteiger partial charge in [0, 0.05) is 25.7 Å². The standard InChI is InChI=1S/C18H39N5O4S/c1-7-10-11-15(14-21-17(24)27-18(4,5)6)23-16(19-8-2)20-12-13-22-28(25,26)9-3/h15,22H,7-14H2,1-6H3,(H,21,24)(H2,19,20,23). The molecule has 1 amide bonds. The second-order valence-corrected chi connectivity index (χ2v) is 9.52. The molecule has 1 unspecified atom stereocenters. The molecule has 0 aromatic heterocycles. The van der Waals surface area contributed by atoms with E-state index in [2.05, 4.69) is 32.6 Å². The number of carbonyl (C=O) groups is 1. The monoisotopic (exact) mass is 421 g/mol. The minimum Gasteiger partial charge on any atom is -0.444 e. The molecule has 4 N–H and O–H groups in total. The van der Waals surface area contributed by atoms with Gasteiger partial charge in [-0.3, -0.25) is 4.99 Å². The first-order valence-electron chi connectivity index (χ1n) is 10.0. The summed E-state index contributed by atoms with van der Waals surface area (Å²) >= 11 is 0. The SMILES string of the molecule is CCCCC(CNC(=O)OC(C)(C)C)NC(=NCCNS(=O)(=O)CC)NCC. The van der Waals surface area contributed by atoms with Crippen molar-refractivity contribution < 1.29 is 17.9 Å². The minimum absolute atomic E-state index is 0.0161. The number of nitrogens with zero attached hydrogens (tertiary/aromatic N) is 1. The van der Waals surface area contributed by atoms with Crippen LogP contribution in [0.1, 0.15) is 60.8 Å². The highest BCUT2D eigenvalue weighted by atomic mass is 32.2. The first kappa shape index (κ1) is 26.4. The number of amides is 1. The van der Waals surface area contributed by atoms with Crippen LogP contribution in [0.15, 0.2) is 4.99 Å². The highest BCUT2D eigenvalue weighted by molar-refractivity contribution is 7.89. The molecule has 0 heterocycles. The van der Waals surface area contributed by atoms with Gasteiger partial charge < -0.3 is 20.7 Å². The molecule has 9 nitrogen and oxygen atoms in total. The topological polar surface area (TPSA) is 121 Å². The molecule has 0 saturated carbocycles. The molecular formula is C18H39N5O4S. The van der Waals surface area contributed by atoms with E-state index in [9.17, 15) is 13.2 Å². The van der Waals surface area contributed by atoms with Gasteiger partial charge in [-0.1, -0.05) is 19.8 Å². The van der Waals surface area contributed by atoms with Gasteiger partial charge in [0.15, 0.2) is 5.96 Å². The lowest BCUT2D eigenvalue weighted by Crippen LogP contribution is -2.49. The van der Waals surface area contributed by atoms with Gasteiger partial charge in [-0.05, 0) is 41.0 Å². The van der Waals surface area contributed by atoms with Crippen LogP contribution in [0.3, 0.4) is 0 Å². The number of alkyl carbamates (subject to hydrolysis) is 1. The fourth-order valence-corrected chi connectivity index (χ4v) is 2.79. The zero-order valence-corrected chi connectivity index (χ0v) is 19.0. The third kappa shape index (κ3) is 14.5. The zero-order chi connectivity index (χ0) is 21.6. The number of guanidine groups is 1. The van der Waals surface area contributed by atoms with Crippen LogP contribution in [-0.4, -0.2) is 64.0 Å². The summed E-state index contributed by atoms with van der Waals surface area (Å²) in [7, 11) is -3.22. The predicted octanol–water partition coefficient (Wildman–Crippen LogP) is 1.56. The first-order valence-corrected chi connectivity index (χ1v) is 11.7. The van der Waals surface area contributed by atoms with Crippen molar-refractivity contribution in [2.45, 2.75) is 72.4 Å². The van der Waals surface area contributed by atoms with Gasteiger partial charge in [0.1, 0.15) is 5.60 Å². The second kappa shape index (κ2) is 13.6. The van der Waals surface area contributed by atoms with Crippen molar-refractivity contribution in [3.63, 3.8) is 0 Å². The molecule has 28 heavy (non-hydrogen) atoms. The Morgan fingerprint density at radius 1 is 1.14 bits per heavy atom. The summed E-state index contributed by atoms with van der Waals surface area (Å²) in [5.41, 5.74) is -0.543. The Kier molecular flexibility index (Phi) is 12.8. The van der Waals surface area contributed by atoms with Gasteiger partial charge in [-0.2, -0.15) is 0 Å². The Morgan fingerprint density at radius 3 is 2.36 bits per heavy atom. The Labute approximate surface area is 170 Å². The van der Waals surface area contributed by atoms with Crippen LogP contribution in [0.25, 0.3) is 0 Å². The fraction of sp³-hybridized carbons (Fsp3) is 0.889. The van der Waals surface area contributed by atoms with Crippen LogP contribution in [0.2, 0.25) is 0 Å². The van der Waals surface area contributed by atoms with E-state index in [-0.39, 0.29) is 18.3 Å². The van der Waals surface area contributed by atoms with Gasteiger partial charge in [-0.25, -0.2) is 17.9 Å². The van der Waals surface area contributed by atoms with Crippen molar-refractivity contribution in [3.8, 4) is 0 Å². The Bertz CT molecular complexity index is 573. The fourth-order valence-electron chi connectivity index (χ4n) is 2.18. The number of carbonyl (C=O) groups excluding carboxylic acids is 1. The number of aliphatic imine (C=N–C) groups is 1. The molecule has 10 heteroatoms. The number of nitrogens with one attached hydrogen (secondary N) is 4. The number of sulfonamides is 1. The van der Waals surface area contributed by atoms with Crippen molar-refractivity contribution in [1.29, 1.82) is 0 Å². The van der Waals surface area contributed by atoms with E-state index in [1.54, 1.807) is 6.92 Å². The average Bonchev–Trinajstić information content (AvgIpc) is 2.59. The first-order chi connectivity index (χ1) is 13.0. The number of ether oxygens (including phenoxy) is 1. The van der Waals surface area contributed by atoms with E-state index in [0.29, 0.717) is 25.6 Å². The molecule has 0 aliphatic rings. The van der Waals surface area contributed by atoms with E-state index < -0.39 is 21.7 Å². The Morgan fingerprint density at radius 2 is 1.82 bits per heavy atom. The predicted molar refractivity (Wildman–Crippen MR) is 114 cm³/mol. The third-order valence-electron chi connectivity index (χ3n) is 3.57. The normalized spacial score (nSPS) is 13.7. The van der Waals surface area contributed by atoms with Crippen LogP contribution in [0.4, 0.5) is 4.79 Å². The summed E-state index contributed by atoms with van der Waals surface area (Å²) in [5, 5.41) is 9.25. The van der Waals surface area contributed by atoms with Crippen molar-refractivity contribution in [2.75, 3.05) is 31.9 Å². The third-order valence-corrected chi connectivity index (χ3v) is 4.97. The number of hydrogen-bond donors (Lipinski definition) is 4. The van der Waals surface area contributed by atoms with Gasteiger partial charge in [0.25, 0.3) is 0 Å². The van der Waals surface area contributed by atoms with Crippen LogP contribution < -0.4 is 20.7 Å². The number of rotatable bonds is 12. The molecule has 0 aromatic carbocycles. The van der Waals surface area contributed by atoms with E-state index in [0.717, 1.165) is 19.3 Å². The zero-order valence-electron chi connectivity index (χ0n) is 18.2. The smallest absolute Gasteiger partial charge is 0.407 e. The van der Waals surface area contributed by atoms with Crippen LogP contribution in [-0.2, 0) is 14.8 Å².